The van der Waals surface area contributed by atoms with E-state index in [1.54, 1.807) is 0 Å². The van der Waals surface area contributed by atoms with Gasteiger partial charge in [0.05, 0.1) is 6.26 Å². The summed E-state index contributed by atoms with van der Waals surface area (Å²) >= 11 is 5.47. The molecule has 0 aliphatic heterocycles. The van der Waals surface area contributed by atoms with Gasteiger partial charge in [0.1, 0.15) is 0 Å². The van der Waals surface area contributed by atoms with E-state index in [4.69, 9.17) is 11.6 Å². The summed E-state index contributed by atoms with van der Waals surface area (Å²) < 4.78 is 23.6. The van der Waals surface area contributed by atoms with Crippen molar-refractivity contribution < 1.29 is 8.42 Å². The van der Waals surface area contributed by atoms with Crippen LogP contribution < -0.4 is 0 Å². The Morgan fingerprint density at radius 3 is 2.36 bits per heavy atom. The van der Waals surface area contributed by atoms with Crippen molar-refractivity contribution in [1.29, 1.82) is 0 Å². The van der Waals surface area contributed by atoms with Gasteiger partial charge in [-0.3, -0.25) is 0 Å². The van der Waals surface area contributed by atoms with Crippen LogP contribution in [0.3, 0.4) is 0 Å². The highest BCUT2D eigenvalue weighted by molar-refractivity contribution is 7.88. The van der Waals surface area contributed by atoms with Gasteiger partial charge in [-0.15, -0.1) is 11.6 Å². The number of alkyl halides is 1. The highest BCUT2D eigenvalue weighted by Gasteiger charge is 2.34. The smallest absolute Gasteiger partial charge is 0.211 e. The third-order valence-electron chi connectivity index (χ3n) is 1.69. The van der Waals surface area contributed by atoms with Crippen LogP contribution in [-0.2, 0) is 10.0 Å². The van der Waals surface area contributed by atoms with Crippen molar-refractivity contribution in [2.45, 2.75) is 18.9 Å². The first-order valence-corrected chi connectivity index (χ1v) is 5.97. The van der Waals surface area contributed by atoms with Crippen LogP contribution in [-0.4, -0.2) is 37.4 Å². The number of nitrogens with zero attached hydrogens (tertiary/aromatic N) is 1. The predicted molar refractivity (Wildman–Crippen MR) is 45.3 cm³/mol. The second-order valence-corrected chi connectivity index (χ2v) is 5.11. The zero-order chi connectivity index (χ0) is 8.48. The molecule has 0 radical (unpaired) electrons. The van der Waals surface area contributed by atoms with Crippen LogP contribution in [0.25, 0.3) is 0 Å². The van der Waals surface area contributed by atoms with E-state index in [1.807, 2.05) is 0 Å². The average molecular weight is 198 g/mol. The lowest BCUT2D eigenvalue weighted by molar-refractivity contribution is 0.427. The minimum atomic E-state index is -3.01. The Morgan fingerprint density at radius 2 is 2.09 bits per heavy atom. The first kappa shape index (κ1) is 9.29. The van der Waals surface area contributed by atoms with E-state index in [1.165, 1.54) is 10.6 Å². The number of sulfonamides is 1. The SMILES string of the molecule is CS(=O)(=O)N(CCCl)C1CC1. The molecule has 0 saturated heterocycles. The van der Waals surface area contributed by atoms with Crippen LogP contribution in [0, 0.1) is 0 Å². The monoisotopic (exact) mass is 197 g/mol. The van der Waals surface area contributed by atoms with Crippen LogP contribution in [0.15, 0.2) is 0 Å². The maximum absolute atomic E-state index is 11.1. The van der Waals surface area contributed by atoms with Gasteiger partial charge in [0.25, 0.3) is 0 Å². The molecule has 0 N–H and O–H groups in total. The normalized spacial score (nSPS) is 19.2. The van der Waals surface area contributed by atoms with Crippen molar-refractivity contribution in [2.24, 2.45) is 0 Å². The predicted octanol–water partition coefficient (Wildman–Crippen LogP) is 0.649. The molecule has 1 aliphatic carbocycles. The first-order chi connectivity index (χ1) is 5.05. The second-order valence-electron chi connectivity index (χ2n) is 2.79. The largest absolute Gasteiger partial charge is 0.212 e. The fourth-order valence-corrected chi connectivity index (χ4v) is 2.52. The molecule has 0 aromatic rings. The zero-order valence-corrected chi connectivity index (χ0v) is 8.03. The Balaban J connectivity index is 2.59. The number of halogens is 1. The molecule has 5 heteroatoms. The molecule has 0 aromatic carbocycles. The fraction of sp³-hybridized carbons (Fsp3) is 1.00. The van der Waals surface area contributed by atoms with Gasteiger partial charge in [0.15, 0.2) is 0 Å². The molecule has 3 nitrogen and oxygen atoms in total. The van der Waals surface area contributed by atoms with E-state index in [-0.39, 0.29) is 6.04 Å². The molecule has 0 spiro atoms. The molecule has 0 heterocycles. The summed E-state index contributed by atoms with van der Waals surface area (Å²) in [6.45, 7) is 0.449. The highest BCUT2D eigenvalue weighted by Crippen LogP contribution is 2.28. The third kappa shape index (κ3) is 2.61. The summed E-state index contributed by atoms with van der Waals surface area (Å²) in [5.74, 6) is 0.379. The molecule has 0 unspecified atom stereocenters. The molecule has 0 atom stereocenters. The van der Waals surface area contributed by atoms with Crippen molar-refractivity contribution in [3.8, 4) is 0 Å². The maximum atomic E-state index is 11.1. The minimum absolute atomic E-state index is 0.240. The number of rotatable bonds is 4. The molecule has 1 aliphatic rings. The van der Waals surface area contributed by atoms with Gasteiger partial charge in [0.2, 0.25) is 10.0 Å². The van der Waals surface area contributed by atoms with E-state index in [0.29, 0.717) is 12.4 Å². The molecule has 11 heavy (non-hydrogen) atoms. The van der Waals surface area contributed by atoms with Crippen LogP contribution in [0.1, 0.15) is 12.8 Å². The molecule has 0 amide bonds. The van der Waals surface area contributed by atoms with Crippen molar-refractivity contribution in [3.63, 3.8) is 0 Å². The molecule has 1 rings (SSSR count). The van der Waals surface area contributed by atoms with E-state index in [0.717, 1.165) is 12.8 Å². The van der Waals surface area contributed by atoms with Gasteiger partial charge >= 0.3 is 0 Å². The lowest BCUT2D eigenvalue weighted by Crippen LogP contribution is -2.33. The Labute approximate surface area is 72.4 Å². The minimum Gasteiger partial charge on any atom is -0.212 e. The van der Waals surface area contributed by atoms with E-state index < -0.39 is 10.0 Å². The van der Waals surface area contributed by atoms with Crippen molar-refractivity contribution in [2.75, 3.05) is 18.7 Å². The third-order valence-corrected chi connectivity index (χ3v) is 3.19. The first-order valence-electron chi connectivity index (χ1n) is 3.58. The summed E-state index contributed by atoms with van der Waals surface area (Å²) in [6.07, 6.45) is 3.21. The van der Waals surface area contributed by atoms with Crippen molar-refractivity contribution in [1.82, 2.24) is 4.31 Å². The molecule has 0 bridgehead atoms. The zero-order valence-electron chi connectivity index (χ0n) is 6.46. The van der Waals surface area contributed by atoms with Gasteiger partial charge in [-0.2, -0.15) is 4.31 Å². The molecule has 1 saturated carbocycles. The van der Waals surface area contributed by atoms with Crippen LogP contribution in [0.2, 0.25) is 0 Å². The van der Waals surface area contributed by atoms with Crippen molar-refractivity contribution in [3.05, 3.63) is 0 Å². The fourth-order valence-electron chi connectivity index (χ4n) is 1.07. The number of hydrogen-bond donors (Lipinski definition) is 0. The van der Waals surface area contributed by atoms with E-state index in [9.17, 15) is 8.42 Å². The van der Waals surface area contributed by atoms with E-state index >= 15 is 0 Å². The summed E-state index contributed by atoms with van der Waals surface area (Å²) in [7, 11) is -3.01. The molecule has 1 fully saturated rings. The Morgan fingerprint density at radius 1 is 1.55 bits per heavy atom. The Hall–Kier alpha value is 0.200. The lowest BCUT2D eigenvalue weighted by atomic mass is 10.6. The van der Waals surface area contributed by atoms with E-state index in [2.05, 4.69) is 0 Å². The summed E-state index contributed by atoms with van der Waals surface area (Å²) in [5.41, 5.74) is 0. The van der Waals surface area contributed by atoms with Gasteiger partial charge in [-0.1, -0.05) is 0 Å². The van der Waals surface area contributed by atoms with Crippen LogP contribution in [0.5, 0.6) is 0 Å². The van der Waals surface area contributed by atoms with Gasteiger partial charge < -0.3 is 0 Å². The van der Waals surface area contributed by atoms with Gasteiger partial charge in [-0.25, -0.2) is 8.42 Å². The summed E-state index contributed by atoms with van der Waals surface area (Å²) in [4.78, 5) is 0. The number of hydrogen-bond acceptors (Lipinski definition) is 2. The highest BCUT2D eigenvalue weighted by atomic mass is 35.5. The second kappa shape index (κ2) is 3.29. The standard InChI is InChI=1S/C6H12ClNO2S/c1-11(9,10)8(5-4-7)6-2-3-6/h6H,2-5H2,1H3. The van der Waals surface area contributed by atoms with Gasteiger partial charge in [0, 0.05) is 18.5 Å². The Kier molecular flexibility index (Phi) is 2.78. The van der Waals surface area contributed by atoms with Crippen LogP contribution in [0.4, 0.5) is 0 Å². The van der Waals surface area contributed by atoms with Gasteiger partial charge in [-0.05, 0) is 12.8 Å². The lowest BCUT2D eigenvalue weighted by Gasteiger charge is -2.17. The molecule has 66 valence electrons. The maximum Gasteiger partial charge on any atom is 0.211 e. The summed E-state index contributed by atoms with van der Waals surface area (Å²) in [6, 6.07) is 0.240. The Bertz CT molecular complexity index is 223. The van der Waals surface area contributed by atoms with Crippen LogP contribution >= 0.6 is 11.6 Å². The average Bonchev–Trinajstić information content (AvgIpc) is 2.61. The molecule has 0 aromatic heterocycles. The van der Waals surface area contributed by atoms with Crippen molar-refractivity contribution >= 4 is 21.6 Å². The topological polar surface area (TPSA) is 37.4 Å². The molecular weight excluding hydrogens is 186 g/mol. The quantitative estimate of drug-likeness (QED) is 0.621. The summed E-state index contributed by atoms with van der Waals surface area (Å²) in [5, 5.41) is 0. The molecular formula is C6H12ClNO2S.